The molecule has 6 heteroatoms. The standard InChI is InChI=1S/C42H83NO5/c1-5-8-11-12-13-15-23-32-41(45)47-37-26-19-14-17-24-33-43(35-36-44)34-25-18-16-22-28-39(4)42(46)48-38-27-31-40(29-20-9-6-2)30-21-10-7-3/h39-40,44H,5-38H2,1-4H3. The molecule has 0 heterocycles. The fourth-order valence-corrected chi connectivity index (χ4v) is 6.67. The third-order valence-electron chi connectivity index (χ3n) is 9.98. The predicted octanol–water partition coefficient (Wildman–Crippen LogP) is 11.6. The van der Waals surface area contributed by atoms with E-state index >= 15 is 0 Å². The SMILES string of the molecule is CCCCCCCCCC(=O)OCCCCCCCN(CCO)CCCCCCC(C)C(=O)OCCCC(CCCCC)CCCCC. The average molecular weight is 682 g/mol. The number of ether oxygens (including phenoxy) is 2. The first-order chi connectivity index (χ1) is 23.5. The van der Waals surface area contributed by atoms with E-state index < -0.39 is 0 Å². The number of nitrogens with zero attached hydrogens (tertiary/aromatic N) is 1. The Hall–Kier alpha value is -1.14. The molecule has 0 aliphatic heterocycles. The number of carbonyl (C=O) groups is 2. The van der Waals surface area contributed by atoms with Gasteiger partial charge in [-0.1, -0.05) is 156 Å². The van der Waals surface area contributed by atoms with Crippen LogP contribution in [0.5, 0.6) is 0 Å². The van der Waals surface area contributed by atoms with Crippen LogP contribution in [-0.2, 0) is 19.1 Å². The summed E-state index contributed by atoms with van der Waals surface area (Å²) in [4.78, 5) is 26.8. The summed E-state index contributed by atoms with van der Waals surface area (Å²) >= 11 is 0. The molecule has 1 unspecified atom stereocenters. The summed E-state index contributed by atoms with van der Waals surface area (Å²) in [5, 5.41) is 9.51. The molecule has 0 aliphatic rings. The summed E-state index contributed by atoms with van der Waals surface area (Å²) in [6, 6.07) is 0. The molecule has 0 aromatic heterocycles. The smallest absolute Gasteiger partial charge is 0.308 e. The van der Waals surface area contributed by atoms with Crippen molar-refractivity contribution in [1.29, 1.82) is 0 Å². The number of unbranched alkanes of at least 4 members (excludes halogenated alkanes) is 17. The zero-order valence-electron chi connectivity index (χ0n) is 32.7. The van der Waals surface area contributed by atoms with Crippen molar-refractivity contribution in [1.82, 2.24) is 4.90 Å². The first-order valence-electron chi connectivity index (χ1n) is 21.1. The summed E-state index contributed by atoms with van der Waals surface area (Å²) in [7, 11) is 0. The lowest BCUT2D eigenvalue weighted by atomic mass is 9.91. The molecule has 0 aromatic carbocycles. The van der Waals surface area contributed by atoms with E-state index in [0.717, 1.165) is 89.8 Å². The molecule has 0 spiro atoms. The molecule has 286 valence electrons. The van der Waals surface area contributed by atoms with Gasteiger partial charge in [0.05, 0.1) is 25.7 Å². The van der Waals surface area contributed by atoms with Crippen molar-refractivity contribution in [2.24, 2.45) is 11.8 Å². The van der Waals surface area contributed by atoms with E-state index in [1.165, 1.54) is 109 Å². The zero-order valence-corrected chi connectivity index (χ0v) is 32.7. The van der Waals surface area contributed by atoms with E-state index in [0.29, 0.717) is 19.6 Å². The van der Waals surface area contributed by atoms with Crippen molar-refractivity contribution >= 4 is 11.9 Å². The van der Waals surface area contributed by atoms with Crippen LogP contribution in [-0.4, -0.2) is 61.4 Å². The van der Waals surface area contributed by atoms with E-state index in [4.69, 9.17) is 9.47 Å². The molecule has 0 radical (unpaired) electrons. The van der Waals surface area contributed by atoms with Gasteiger partial charge in [-0.15, -0.1) is 0 Å². The first-order valence-corrected chi connectivity index (χ1v) is 21.1. The second-order valence-corrected chi connectivity index (χ2v) is 14.7. The largest absolute Gasteiger partial charge is 0.466 e. The molecule has 0 aliphatic carbocycles. The molecule has 1 N–H and O–H groups in total. The summed E-state index contributed by atoms with van der Waals surface area (Å²) in [5.74, 6) is 0.742. The Morgan fingerprint density at radius 3 is 1.58 bits per heavy atom. The normalized spacial score (nSPS) is 12.2. The van der Waals surface area contributed by atoms with Gasteiger partial charge in [-0.05, 0) is 64.0 Å². The van der Waals surface area contributed by atoms with Crippen LogP contribution in [0.15, 0.2) is 0 Å². The van der Waals surface area contributed by atoms with Gasteiger partial charge in [0.25, 0.3) is 0 Å². The third-order valence-corrected chi connectivity index (χ3v) is 9.98. The van der Waals surface area contributed by atoms with Gasteiger partial charge in [-0.25, -0.2) is 0 Å². The second kappa shape index (κ2) is 37.1. The molecule has 0 fully saturated rings. The van der Waals surface area contributed by atoms with Crippen molar-refractivity contribution in [3.05, 3.63) is 0 Å². The van der Waals surface area contributed by atoms with Gasteiger partial charge in [-0.3, -0.25) is 9.59 Å². The van der Waals surface area contributed by atoms with Gasteiger partial charge in [0.2, 0.25) is 0 Å². The Morgan fingerprint density at radius 1 is 0.521 bits per heavy atom. The number of aliphatic hydroxyl groups excluding tert-OH is 1. The van der Waals surface area contributed by atoms with Crippen molar-refractivity contribution in [3.63, 3.8) is 0 Å². The number of hydrogen-bond acceptors (Lipinski definition) is 6. The summed E-state index contributed by atoms with van der Waals surface area (Å²) in [6.07, 6.45) is 32.9. The average Bonchev–Trinajstić information content (AvgIpc) is 3.08. The number of aliphatic hydroxyl groups is 1. The summed E-state index contributed by atoms with van der Waals surface area (Å²) in [5.41, 5.74) is 0. The van der Waals surface area contributed by atoms with Crippen LogP contribution in [0.4, 0.5) is 0 Å². The summed E-state index contributed by atoms with van der Waals surface area (Å²) < 4.78 is 11.1. The van der Waals surface area contributed by atoms with Gasteiger partial charge in [0.1, 0.15) is 0 Å². The number of rotatable bonds is 38. The van der Waals surface area contributed by atoms with Crippen molar-refractivity contribution in [3.8, 4) is 0 Å². The fraction of sp³-hybridized carbons (Fsp3) is 0.952. The predicted molar refractivity (Wildman–Crippen MR) is 204 cm³/mol. The molecule has 0 saturated heterocycles. The van der Waals surface area contributed by atoms with E-state index in [-0.39, 0.29) is 24.5 Å². The Bertz CT molecular complexity index is 677. The summed E-state index contributed by atoms with van der Waals surface area (Å²) in [6.45, 7) is 13.0. The minimum atomic E-state index is -0.0275. The molecule has 0 amide bonds. The third kappa shape index (κ3) is 32.1. The van der Waals surface area contributed by atoms with Gasteiger partial charge < -0.3 is 19.5 Å². The minimum Gasteiger partial charge on any atom is -0.466 e. The number of esters is 2. The van der Waals surface area contributed by atoms with Crippen LogP contribution in [0, 0.1) is 11.8 Å². The van der Waals surface area contributed by atoms with Crippen LogP contribution in [0.3, 0.4) is 0 Å². The maximum absolute atomic E-state index is 12.5. The van der Waals surface area contributed by atoms with Crippen LogP contribution in [0.1, 0.15) is 207 Å². The second-order valence-electron chi connectivity index (χ2n) is 14.7. The first kappa shape index (κ1) is 46.9. The van der Waals surface area contributed by atoms with Gasteiger partial charge in [0, 0.05) is 13.0 Å². The minimum absolute atomic E-state index is 0.0113. The Balaban J connectivity index is 3.82. The molecule has 0 bridgehead atoms. The lowest BCUT2D eigenvalue weighted by Crippen LogP contribution is -2.29. The maximum atomic E-state index is 12.5. The van der Waals surface area contributed by atoms with E-state index in [1.54, 1.807) is 0 Å². The highest BCUT2D eigenvalue weighted by Crippen LogP contribution is 2.23. The lowest BCUT2D eigenvalue weighted by Gasteiger charge is -2.21. The van der Waals surface area contributed by atoms with Crippen molar-refractivity contribution < 1.29 is 24.2 Å². The maximum Gasteiger partial charge on any atom is 0.308 e. The highest BCUT2D eigenvalue weighted by atomic mass is 16.5. The van der Waals surface area contributed by atoms with Gasteiger partial charge in [0.15, 0.2) is 0 Å². The molecule has 1 atom stereocenters. The molecule has 48 heavy (non-hydrogen) atoms. The molecular formula is C42H83NO5. The highest BCUT2D eigenvalue weighted by Gasteiger charge is 2.15. The molecule has 6 nitrogen and oxygen atoms in total. The lowest BCUT2D eigenvalue weighted by molar-refractivity contribution is -0.148. The van der Waals surface area contributed by atoms with Gasteiger partial charge >= 0.3 is 11.9 Å². The topological polar surface area (TPSA) is 76.1 Å². The fourth-order valence-electron chi connectivity index (χ4n) is 6.67. The van der Waals surface area contributed by atoms with Crippen LogP contribution in [0.2, 0.25) is 0 Å². The van der Waals surface area contributed by atoms with Crippen LogP contribution < -0.4 is 0 Å². The molecule has 0 aromatic rings. The Morgan fingerprint density at radius 2 is 0.979 bits per heavy atom. The quantitative estimate of drug-likeness (QED) is 0.0516. The van der Waals surface area contributed by atoms with Crippen molar-refractivity contribution in [2.75, 3.05) is 39.5 Å². The van der Waals surface area contributed by atoms with Gasteiger partial charge in [-0.2, -0.15) is 0 Å². The number of carbonyl (C=O) groups excluding carboxylic acids is 2. The number of hydrogen-bond donors (Lipinski definition) is 1. The van der Waals surface area contributed by atoms with E-state index in [2.05, 4.69) is 25.7 Å². The monoisotopic (exact) mass is 682 g/mol. The van der Waals surface area contributed by atoms with Crippen LogP contribution in [0.25, 0.3) is 0 Å². The van der Waals surface area contributed by atoms with Crippen LogP contribution >= 0.6 is 0 Å². The van der Waals surface area contributed by atoms with Crippen molar-refractivity contribution in [2.45, 2.75) is 207 Å². The highest BCUT2D eigenvalue weighted by molar-refractivity contribution is 5.71. The Labute approximate surface area is 299 Å². The molecule has 0 rings (SSSR count). The Kier molecular flexibility index (Phi) is 36.2. The molecular weight excluding hydrogens is 598 g/mol. The zero-order chi connectivity index (χ0) is 35.3. The van der Waals surface area contributed by atoms with E-state index in [1.807, 2.05) is 6.92 Å². The van der Waals surface area contributed by atoms with E-state index in [9.17, 15) is 14.7 Å². The molecule has 0 saturated carbocycles.